The van der Waals surface area contributed by atoms with Gasteiger partial charge in [0, 0.05) is 11.1 Å². The van der Waals surface area contributed by atoms with Gasteiger partial charge >= 0.3 is 5.97 Å². The van der Waals surface area contributed by atoms with E-state index in [1.165, 1.54) is 0 Å². The van der Waals surface area contributed by atoms with E-state index in [0.717, 1.165) is 5.56 Å². The predicted molar refractivity (Wildman–Crippen MR) is 88.3 cm³/mol. The van der Waals surface area contributed by atoms with Crippen LogP contribution in [0.25, 0.3) is 5.76 Å². The second kappa shape index (κ2) is 7.38. The van der Waals surface area contributed by atoms with Crippen LogP contribution in [0.3, 0.4) is 0 Å². The van der Waals surface area contributed by atoms with Crippen LogP contribution in [0.2, 0.25) is 0 Å². The Balaban J connectivity index is 2.46. The minimum absolute atomic E-state index is 0.0709. The molecule has 0 fully saturated rings. The monoisotopic (exact) mass is 334 g/mol. The Kier molecular flexibility index (Phi) is 5.49. The molecule has 0 amide bonds. The lowest BCUT2D eigenvalue weighted by Gasteiger charge is -2.22. The first kappa shape index (κ1) is 17.8. The highest BCUT2D eigenvalue weighted by Gasteiger charge is 2.29. The zero-order chi connectivity index (χ0) is 17.9. The second-order valence-corrected chi connectivity index (χ2v) is 5.70. The molecule has 0 bridgehead atoms. The SMILES string of the molecule is CCOC(=O)C(=O)C1=C(O)c2cc(OC(C)C)c(OC)cc2CC1. The Morgan fingerprint density at radius 1 is 1.21 bits per heavy atom. The van der Waals surface area contributed by atoms with Crippen LogP contribution in [0.4, 0.5) is 0 Å². The van der Waals surface area contributed by atoms with E-state index in [0.29, 0.717) is 23.5 Å². The molecule has 0 atom stereocenters. The fourth-order valence-electron chi connectivity index (χ4n) is 2.62. The Morgan fingerprint density at radius 3 is 2.50 bits per heavy atom. The number of methoxy groups -OCH3 is 1. The standard InChI is InChI=1S/C18H22O6/c1-5-23-18(21)17(20)12-7-6-11-8-14(22-4)15(24-10(2)3)9-13(11)16(12)19/h8-10,19H,5-7H2,1-4H3. The molecule has 1 aromatic rings. The van der Waals surface area contributed by atoms with E-state index in [1.54, 1.807) is 26.2 Å². The highest BCUT2D eigenvalue weighted by molar-refractivity contribution is 6.41. The van der Waals surface area contributed by atoms with Crippen molar-refractivity contribution >= 4 is 17.5 Å². The quantitative estimate of drug-likeness (QED) is 0.636. The van der Waals surface area contributed by atoms with Crippen LogP contribution in [0, 0.1) is 0 Å². The van der Waals surface area contributed by atoms with Gasteiger partial charge in [0.05, 0.1) is 19.8 Å². The Morgan fingerprint density at radius 2 is 1.92 bits per heavy atom. The second-order valence-electron chi connectivity index (χ2n) is 5.70. The van der Waals surface area contributed by atoms with Crippen molar-refractivity contribution in [1.29, 1.82) is 0 Å². The molecular formula is C18H22O6. The third-order valence-electron chi connectivity index (χ3n) is 3.67. The van der Waals surface area contributed by atoms with Gasteiger partial charge in [0.25, 0.3) is 5.78 Å². The summed E-state index contributed by atoms with van der Waals surface area (Å²) in [6.45, 7) is 5.49. The molecule has 0 saturated carbocycles. The molecule has 1 N–H and O–H groups in total. The number of ether oxygens (including phenoxy) is 3. The van der Waals surface area contributed by atoms with Crippen molar-refractivity contribution < 1.29 is 28.9 Å². The Hall–Kier alpha value is -2.50. The molecule has 0 spiro atoms. The Labute approximate surface area is 141 Å². The van der Waals surface area contributed by atoms with Crippen LogP contribution in [-0.4, -0.2) is 36.7 Å². The number of ketones is 1. The van der Waals surface area contributed by atoms with E-state index in [4.69, 9.17) is 14.2 Å². The van der Waals surface area contributed by atoms with Crippen LogP contribution in [-0.2, 0) is 20.7 Å². The fourth-order valence-corrected chi connectivity index (χ4v) is 2.62. The number of aliphatic hydroxyl groups excluding tert-OH is 1. The number of fused-ring (bicyclic) bond motifs is 1. The average Bonchev–Trinajstić information content (AvgIpc) is 2.54. The number of hydrogen-bond acceptors (Lipinski definition) is 6. The van der Waals surface area contributed by atoms with Gasteiger partial charge in [-0.2, -0.15) is 0 Å². The number of carbonyl (C=O) groups is 2. The van der Waals surface area contributed by atoms with Gasteiger partial charge in [-0.3, -0.25) is 4.79 Å². The van der Waals surface area contributed by atoms with Gasteiger partial charge in [-0.25, -0.2) is 4.79 Å². The number of rotatable bonds is 6. The molecule has 1 aromatic carbocycles. The molecule has 0 radical (unpaired) electrons. The number of carbonyl (C=O) groups excluding carboxylic acids is 2. The van der Waals surface area contributed by atoms with E-state index in [9.17, 15) is 14.7 Å². The molecular weight excluding hydrogens is 312 g/mol. The van der Waals surface area contributed by atoms with Crippen molar-refractivity contribution in [3.63, 3.8) is 0 Å². The molecule has 130 valence electrons. The van der Waals surface area contributed by atoms with E-state index >= 15 is 0 Å². The zero-order valence-corrected chi connectivity index (χ0v) is 14.3. The van der Waals surface area contributed by atoms with Crippen molar-refractivity contribution in [2.24, 2.45) is 0 Å². The van der Waals surface area contributed by atoms with Gasteiger partial charge in [-0.1, -0.05) is 0 Å². The molecule has 24 heavy (non-hydrogen) atoms. The normalized spacial score (nSPS) is 13.5. The number of hydrogen-bond donors (Lipinski definition) is 1. The van der Waals surface area contributed by atoms with Crippen molar-refractivity contribution in [2.75, 3.05) is 13.7 Å². The van der Waals surface area contributed by atoms with E-state index in [1.807, 2.05) is 13.8 Å². The predicted octanol–water partition coefficient (Wildman–Crippen LogP) is 2.83. The summed E-state index contributed by atoms with van der Waals surface area (Å²) in [5.41, 5.74) is 1.38. The molecule has 0 unspecified atom stereocenters. The molecule has 0 aliphatic heterocycles. The maximum absolute atomic E-state index is 12.1. The smallest absolute Gasteiger partial charge is 0.379 e. The number of aliphatic hydroxyl groups is 1. The fraction of sp³-hybridized carbons (Fsp3) is 0.444. The maximum atomic E-state index is 12.1. The summed E-state index contributed by atoms with van der Waals surface area (Å²) in [7, 11) is 1.54. The maximum Gasteiger partial charge on any atom is 0.379 e. The molecule has 1 aliphatic rings. The Bertz CT molecular complexity index is 687. The number of benzene rings is 1. The lowest BCUT2D eigenvalue weighted by atomic mass is 9.88. The summed E-state index contributed by atoms with van der Waals surface area (Å²) in [6.07, 6.45) is 0.703. The first-order valence-corrected chi connectivity index (χ1v) is 7.90. The number of Topliss-reactive ketones (excluding diaryl/α,β-unsaturated/α-hetero) is 1. The molecule has 6 heteroatoms. The van der Waals surface area contributed by atoms with Crippen molar-refractivity contribution in [3.8, 4) is 11.5 Å². The summed E-state index contributed by atoms with van der Waals surface area (Å²) in [4.78, 5) is 23.8. The van der Waals surface area contributed by atoms with Crippen molar-refractivity contribution in [2.45, 2.75) is 39.7 Å². The summed E-state index contributed by atoms with van der Waals surface area (Å²) in [6, 6.07) is 3.43. The summed E-state index contributed by atoms with van der Waals surface area (Å²) in [5.74, 6) is -0.916. The molecule has 6 nitrogen and oxygen atoms in total. The summed E-state index contributed by atoms with van der Waals surface area (Å²) < 4.78 is 15.8. The zero-order valence-electron chi connectivity index (χ0n) is 14.3. The van der Waals surface area contributed by atoms with Gasteiger partial charge in [-0.05, 0) is 51.3 Å². The largest absolute Gasteiger partial charge is 0.507 e. The highest BCUT2D eigenvalue weighted by atomic mass is 16.5. The lowest BCUT2D eigenvalue weighted by Crippen LogP contribution is -2.23. The van der Waals surface area contributed by atoms with E-state index in [-0.39, 0.29) is 30.5 Å². The number of aryl methyl sites for hydroxylation is 1. The van der Waals surface area contributed by atoms with Crippen LogP contribution >= 0.6 is 0 Å². The van der Waals surface area contributed by atoms with Gasteiger partial charge in [0.2, 0.25) is 0 Å². The van der Waals surface area contributed by atoms with E-state index in [2.05, 4.69) is 0 Å². The lowest BCUT2D eigenvalue weighted by molar-refractivity contribution is -0.151. The minimum atomic E-state index is -0.949. The first-order valence-electron chi connectivity index (χ1n) is 7.90. The van der Waals surface area contributed by atoms with Crippen LogP contribution in [0.5, 0.6) is 11.5 Å². The molecule has 0 saturated heterocycles. The molecule has 0 aromatic heterocycles. The number of esters is 1. The molecule has 0 heterocycles. The average molecular weight is 334 g/mol. The minimum Gasteiger partial charge on any atom is -0.507 e. The van der Waals surface area contributed by atoms with Crippen molar-refractivity contribution in [3.05, 3.63) is 28.8 Å². The highest BCUT2D eigenvalue weighted by Crippen LogP contribution is 2.38. The van der Waals surface area contributed by atoms with Crippen LogP contribution < -0.4 is 9.47 Å². The third-order valence-corrected chi connectivity index (χ3v) is 3.67. The summed E-state index contributed by atoms with van der Waals surface area (Å²) >= 11 is 0. The molecule has 2 rings (SSSR count). The van der Waals surface area contributed by atoms with Crippen molar-refractivity contribution in [1.82, 2.24) is 0 Å². The van der Waals surface area contributed by atoms with Gasteiger partial charge in [0.15, 0.2) is 11.5 Å². The topological polar surface area (TPSA) is 82.1 Å². The third kappa shape index (κ3) is 3.53. The van der Waals surface area contributed by atoms with E-state index < -0.39 is 11.8 Å². The van der Waals surface area contributed by atoms with Crippen LogP contribution in [0.1, 0.15) is 38.3 Å². The van der Waals surface area contributed by atoms with Gasteiger partial charge < -0.3 is 19.3 Å². The van der Waals surface area contributed by atoms with Gasteiger partial charge in [-0.15, -0.1) is 0 Å². The van der Waals surface area contributed by atoms with Crippen LogP contribution in [0.15, 0.2) is 17.7 Å². The molecule has 1 aliphatic carbocycles. The first-order chi connectivity index (χ1) is 11.4. The van der Waals surface area contributed by atoms with Gasteiger partial charge in [0.1, 0.15) is 5.76 Å². The summed E-state index contributed by atoms with van der Waals surface area (Å²) in [5, 5.41) is 10.5.